The van der Waals surface area contributed by atoms with E-state index in [-0.39, 0.29) is 0 Å². The highest BCUT2D eigenvalue weighted by atomic mass is 32.2. The molecule has 3 aliphatic carbocycles. The predicted molar refractivity (Wildman–Crippen MR) is 90.9 cm³/mol. The molecular weight excluding hydrogens is 292 g/mol. The minimum absolute atomic E-state index is 0.364. The van der Waals surface area contributed by atoms with Gasteiger partial charge >= 0.3 is 0 Å². The number of hydrogen-bond donors (Lipinski definition) is 0. The Morgan fingerprint density at radius 3 is 2.23 bits per heavy atom. The van der Waals surface area contributed by atoms with Gasteiger partial charge in [-0.15, -0.1) is 0 Å². The molecule has 0 N–H and O–H groups in total. The molecule has 2 nitrogen and oxygen atoms in total. The number of carbonyl (C=O) groups excluding carboxylic acids is 1. The first-order valence-corrected chi connectivity index (χ1v) is 10.5. The summed E-state index contributed by atoms with van der Waals surface area (Å²) < 4.78 is 5.59. The Morgan fingerprint density at radius 1 is 0.773 bits per heavy atom. The van der Waals surface area contributed by atoms with Crippen LogP contribution in [0.3, 0.4) is 0 Å². The van der Waals surface area contributed by atoms with Crippen LogP contribution in [0.15, 0.2) is 0 Å². The summed E-state index contributed by atoms with van der Waals surface area (Å²) in [5.74, 6) is 2.28. The second-order valence-corrected chi connectivity index (χ2v) is 9.40. The van der Waals surface area contributed by atoms with Crippen molar-refractivity contribution < 1.29 is 9.53 Å². The Balaban J connectivity index is 1.21. The van der Waals surface area contributed by atoms with Crippen molar-refractivity contribution in [1.29, 1.82) is 0 Å². The van der Waals surface area contributed by atoms with Crippen molar-refractivity contribution in [2.24, 2.45) is 17.8 Å². The van der Waals surface area contributed by atoms with E-state index < -0.39 is 0 Å². The molecule has 0 spiro atoms. The van der Waals surface area contributed by atoms with Crippen LogP contribution in [0, 0.1) is 17.8 Å². The van der Waals surface area contributed by atoms with E-state index in [0.717, 1.165) is 18.3 Å². The normalized spacial score (nSPS) is 42.6. The molecule has 4 rings (SSSR count). The number of ether oxygens (including phenoxy) is 1. The van der Waals surface area contributed by atoms with Crippen LogP contribution < -0.4 is 0 Å². The van der Waals surface area contributed by atoms with E-state index in [1.165, 1.54) is 70.6 Å². The van der Waals surface area contributed by atoms with E-state index in [9.17, 15) is 4.79 Å². The van der Waals surface area contributed by atoms with Crippen LogP contribution in [0.25, 0.3) is 0 Å². The highest BCUT2D eigenvalue weighted by Gasteiger charge is 2.45. The van der Waals surface area contributed by atoms with Crippen molar-refractivity contribution in [3.8, 4) is 0 Å². The number of hydrogen-bond acceptors (Lipinski definition) is 3. The SMILES string of the molecule is O=C(SC1CCC2OC2C1)C1CCC(C2CCCCC2)CC1. The Bertz CT molecular complexity index is 396. The van der Waals surface area contributed by atoms with Gasteiger partial charge < -0.3 is 4.74 Å². The van der Waals surface area contributed by atoms with Crippen molar-refractivity contribution >= 4 is 16.9 Å². The van der Waals surface area contributed by atoms with E-state index in [1.54, 1.807) is 11.8 Å². The molecule has 124 valence electrons. The molecule has 22 heavy (non-hydrogen) atoms. The number of thioether (sulfide) groups is 1. The summed E-state index contributed by atoms with van der Waals surface area (Å²) in [6.45, 7) is 0. The number of fused-ring (bicyclic) bond motifs is 1. The van der Waals surface area contributed by atoms with Crippen LogP contribution in [0.2, 0.25) is 0 Å². The van der Waals surface area contributed by atoms with Crippen LogP contribution >= 0.6 is 11.8 Å². The smallest absolute Gasteiger partial charge is 0.192 e. The minimum atomic E-state index is 0.364. The largest absolute Gasteiger partial charge is 0.370 e. The Kier molecular flexibility index (Phi) is 4.82. The number of carbonyl (C=O) groups is 1. The van der Waals surface area contributed by atoms with Crippen LogP contribution in [0.5, 0.6) is 0 Å². The molecule has 0 aromatic rings. The molecule has 3 saturated carbocycles. The molecule has 4 aliphatic rings. The molecule has 3 unspecified atom stereocenters. The third-order valence-electron chi connectivity index (χ3n) is 6.66. The summed E-state index contributed by atoms with van der Waals surface area (Å²) in [7, 11) is 0. The lowest BCUT2D eigenvalue weighted by Crippen LogP contribution is -2.27. The summed E-state index contributed by atoms with van der Waals surface area (Å²) in [6.07, 6.45) is 16.8. The van der Waals surface area contributed by atoms with Gasteiger partial charge in [-0.25, -0.2) is 0 Å². The van der Waals surface area contributed by atoms with Crippen molar-refractivity contribution in [3.63, 3.8) is 0 Å². The molecule has 1 saturated heterocycles. The van der Waals surface area contributed by atoms with Crippen LogP contribution in [-0.2, 0) is 9.53 Å². The predicted octanol–water partition coefficient (Wildman–Crippen LogP) is 4.95. The third kappa shape index (κ3) is 3.56. The maximum atomic E-state index is 12.6. The molecule has 1 aliphatic heterocycles. The first kappa shape index (κ1) is 15.5. The van der Waals surface area contributed by atoms with E-state index in [4.69, 9.17) is 4.74 Å². The second kappa shape index (κ2) is 6.84. The van der Waals surface area contributed by atoms with E-state index >= 15 is 0 Å². The van der Waals surface area contributed by atoms with Gasteiger partial charge in [0.15, 0.2) is 5.12 Å². The van der Waals surface area contributed by atoms with Crippen molar-refractivity contribution in [1.82, 2.24) is 0 Å². The average Bonchev–Trinajstić information content (AvgIpc) is 3.34. The molecule has 3 atom stereocenters. The zero-order chi connectivity index (χ0) is 14.9. The minimum Gasteiger partial charge on any atom is -0.370 e. The third-order valence-corrected chi connectivity index (χ3v) is 7.99. The lowest BCUT2D eigenvalue weighted by molar-refractivity contribution is -0.115. The Hall–Kier alpha value is -0.0200. The molecule has 4 fully saturated rings. The van der Waals surface area contributed by atoms with Gasteiger partial charge in [-0.05, 0) is 56.8 Å². The number of rotatable bonds is 3. The first-order chi connectivity index (χ1) is 10.8. The topological polar surface area (TPSA) is 29.6 Å². The van der Waals surface area contributed by atoms with Gasteiger partial charge in [0.25, 0.3) is 0 Å². The summed E-state index contributed by atoms with van der Waals surface area (Å²) >= 11 is 1.68. The van der Waals surface area contributed by atoms with Gasteiger partial charge in [0, 0.05) is 11.2 Å². The summed E-state index contributed by atoms with van der Waals surface area (Å²) in [5.41, 5.74) is 0. The molecule has 0 aromatic heterocycles. The summed E-state index contributed by atoms with van der Waals surface area (Å²) in [4.78, 5) is 12.6. The lowest BCUT2D eigenvalue weighted by Gasteiger charge is -2.35. The van der Waals surface area contributed by atoms with Crippen LogP contribution in [0.4, 0.5) is 0 Å². The maximum Gasteiger partial charge on any atom is 0.192 e. The van der Waals surface area contributed by atoms with Gasteiger partial charge in [0.2, 0.25) is 0 Å². The van der Waals surface area contributed by atoms with Crippen LogP contribution in [-0.4, -0.2) is 22.6 Å². The highest BCUT2D eigenvalue weighted by Crippen LogP contribution is 2.44. The standard InChI is InChI=1S/C19H30O2S/c20-19(22-16-10-11-17-18(12-16)21-17)15-8-6-14(7-9-15)13-4-2-1-3-5-13/h13-18H,1-12H2. The number of epoxide rings is 1. The monoisotopic (exact) mass is 322 g/mol. The van der Waals surface area contributed by atoms with Gasteiger partial charge in [-0.1, -0.05) is 43.9 Å². The molecule has 0 radical (unpaired) electrons. The average molecular weight is 323 g/mol. The van der Waals surface area contributed by atoms with Gasteiger partial charge in [0.05, 0.1) is 12.2 Å². The van der Waals surface area contributed by atoms with Crippen molar-refractivity contribution in [3.05, 3.63) is 0 Å². The Morgan fingerprint density at radius 2 is 1.50 bits per heavy atom. The maximum absolute atomic E-state index is 12.6. The second-order valence-electron chi connectivity index (χ2n) is 8.09. The molecule has 0 bridgehead atoms. The van der Waals surface area contributed by atoms with E-state index in [2.05, 4.69) is 0 Å². The zero-order valence-electron chi connectivity index (χ0n) is 13.7. The summed E-state index contributed by atoms with van der Waals surface area (Å²) in [6, 6.07) is 0. The fraction of sp³-hybridized carbons (Fsp3) is 0.947. The van der Waals surface area contributed by atoms with Crippen molar-refractivity contribution in [2.75, 3.05) is 0 Å². The Labute approximate surface area is 139 Å². The quantitative estimate of drug-likeness (QED) is 0.688. The zero-order valence-corrected chi connectivity index (χ0v) is 14.5. The fourth-order valence-corrected chi connectivity index (χ4v) is 6.46. The molecule has 0 amide bonds. The first-order valence-electron chi connectivity index (χ1n) is 9.65. The summed E-state index contributed by atoms with van der Waals surface area (Å²) in [5, 5.41) is 1.05. The highest BCUT2D eigenvalue weighted by molar-refractivity contribution is 8.14. The van der Waals surface area contributed by atoms with E-state index in [1.807, 2.05) is 0 Å². The van der Waals surface area contributed by atoms with E-state index in [0.29, 0.717) is 28.5 Å². The van der Waals surface area contributed by atoms with Crippen molar-refractivity contribution in [2.45, 2.75) is 94.5 Å². The lowest BCUT2D eigenvalue weighted by atomic mass is 9.71. The molecule has 1 heterocycles. The van der Waals surface area contributed by atoms with Gasteiger partial charge in [0.1, 0.15) is 0 Å². The van der Waals surface area contributed by atoms with Gasteiger partial charge in [-0.3, -0.25) is 4.79 Å². The molecule has 3 heteroatoms. The fourth-order valence-electron chi connectivity index (χ4n) is 5.17. The molecule has 0 aromatic carbocycles. The van der Waals surface area contributed by atoms with Crippen LogP contribution in [0.1, 0.15) is 77.0 Å². The van der Waals surface area contributed by atoms with Gasteiger partial charge in [-0.2, -0.15) is 0 Å². The molecular formula is C19H30O2S.